The number of aliphatic hydroxyl groups excluding tert-OH is 1. The zero-order valence-corrected chi connectivity index (χ0v) is 7.81. The molecule has 1 rings (SSSR count). The van der Waals surface area contributed by atoms with E-state index in [1.165, 1.54) is 0 Å². The van der Waals surface area contributed by atoms with Crippen molar-refractivity contribution in [2.75, 3.05) is 13.2 Å². The second-order valence-corrected chi connectivity index (χ2v) is 2.76. The lowest BCUT2D eigenvalue weighted by Gasteiger charge is -2.02. The van der Waals surface area contributed by atoms with Crippen LogP contribution in [0.15, 0.2) is 24.3 Å². The van der Waals surface area contributed by atoms with Crippen LogP contribution < -0.4 is 5.46 Å². The maximum absolute atomic E-state index is 8.76. The summed E-state index contributed by atoms with van der Waals surface area (Å²) in [5, 5.41) is 17.3. The second kappa shape index (κ2) is 6.19. The monoisotopic (exact) mass is 188 g/mol. The minimum absolute atomic E-state index is 0.119. The maximum Gasteiger partial charge on any atom is 0.331 e. The largest absolute Gasteiger partial charge is 0.434 e. The highest BCUT2D eigenvalue weighted by Gasteiger charge is 2.02. The Bertz CT molecular complexity index is 322. The summed E-state index contributed by atoms with van der Waals surface area (Å²) < 4.78 is 5.17. The highest BCUT2D eigenvalue weighted by Crippen LogP contribution is 1.93. The standard InChI is InChI=1S/C10H11BNO2/c12-8-9-4-1-2-5-10(9)11-14-7-3-6-13/h1-2,4-5,13H,3,6-7H2. The minimum atomic E-state index is 0.119. The molecule has 1 N–H and O–H groups in total. The fourth-order valence-corrected chi connectivity index (χ4v) is 0.998. The molecular weight excluding hydrogens is 177 g/mol. The molecule has 0 heterocycles. The maximum atomic E-state index is 8.76. The SMILES string of the molecule is N#Cc1ccccc1[B]OCCCO. The molecule has 4 heteroatoms. The van der Waals surface area contributed by atoms with Crippen LogP contribution in [-0.2, 0) is 4.65 Å². The molecular formula is C10H11BNO2. The topological polar surface area (TPSA) is 53.2 Å². The van der Waals surface area contributed by atoms with Crippen LogP contribution in [0.4, 0.5) is 0 Å². The third-order valence-electron chi connectivity index (χ3n) is 1.71. The molecule has 0 atom stereocenters. The van der Waals surface area contributed by atoms with Gasteiger partial charge in [0.25, 0.3) is 0 Å². The summed E-state index contributed by atoms with van der Waals surface area (Å²) in [6.07, 6.45) is 0.602. The molecule has 0 amide bonds. The van der Waals surface area contributed by atoms with Crippen LogP contribution in [0.25, 0.3) is 0 Å². The smallest absolute Gasteiger partial charge is 0.331 e. The fourth-order valence-electron chi connectivity index (χ4n) is 0.998. The third kappa shape index (κ3) is 3.21. The van der Waals surface area contributed by atoms with Gasteiger partial charge in [-0.2, -0.15) is 5.26 Å². The Kier molecular flexibility index (Phi) is 4.77. The lowest BCUT2D eigenvalue weighted by molar-refractivity contribution is 0.240. The Morgan fingerprint density at radius 2 is 2.21 bits per heavy atom. The normalized spacial score (nSPS) is 9.43. The van der Waals surface area contributed by atoms with Crippen LogP contribution in [0.5, 0.6) is 0 Å². The first-order valence-corrected chi connectivity index (χ1v) is 4.43. The van der Waals surface area contributed by atoms with E-state index >= 15 is 0 Å². The molecule has 1 radical (unpaired) electrons. The number of hydrogen-bond acceptors (Lipinski definition) is 3. The van der Waals surface area contributed by atoms with Gasteiger partial charge in [0, 0.05) is 18.8 Å². The van der Waals surface area contributed by atoms with E-state index in [1.54, 1.807) is 13.5 Å². The van der Waals surface area contributed by atoms with Crippen LogP contribution in [0.2, 0.25) is 0 Å². The Labute approximate surface area is 84.2 Å². The minimum Gasteiger partial charge on any atom is -0.434 e. The van der Waals surface area contributed by atoms with Crippen LogP contribution in [0.1, 0.15) is 12.0 Å². The van der Waals surface area contributed by atoms with E-state index in [0.717, 1.165) is 5.46 Å². The summed E-state index contributed by atoms with van der Waals surface area (Å²) in [5.41, 5.74) is 1.37. The fraction of sp³-hybridized carbons (Fsp3) is 0.300. The van der Waals surface area contributed by atoms with E-state index in [4.69, 9.17) is 15.0 Å². The average molecular weight is 188 g/mol. The number of aliphatic hydroxyl groups is 1. The lowest BCUT2D eigenvalue weighted by Crippen LogP contribution is -2.21. The van der Waals surface area contributed by atoms with Crippen molar-refractivity contribution in [3.05, 3.63) is 29.8 Å². The molecule has 0 aliphatic rings. The summed E-state index contributed by atoms with van der Waals surface area (Å²) in [6.45, 7) is 0.587. The Morgan fingerprint density at radius 3 is 2.93 bits per heavy atom. The molecule has 1 aromatic carbocycles. The molecule has 0 aliphatic heterocycles. The van der Waals surface area contributed by atoms with Gasteiger partial charge in [-0.25, -0.2) is 0 Å². The zero-order valence-electron chi connectivity index (χ0n) is 7.81. The predicted octanol–water partition coefficient (Wildman–Crippen LogP) is 0.202. The lowest BCUT2D eigenvalue weighted by atomic mass is 9.84. The molecule has 0 aromatic heterocycles. The van der Waals surface area contributed by atoms with Gasteiger partial charge in [0.15, 0.2) is 0 Å². The summed E-state index contributed by atoms with van der Waals surface area (Å²) in [4.78, 5) is 0. The van der Waals surface area contributed by atoms with Gasteiger partial charge >= 0.3 is 7.48 Å². The quantitative estimate of drug-likeness (QED) is 0.530. The van der Waals surface area contributed by atoms with Crippen molar-refractivity contribution < 1.29 is 9.76 Å². The highest BCUT2D eigenvalue weighted by atomic mass is 16.4. The molecule has 0 spiro atoms. The summed E-state index contributed by atoms with van der Waals surface area (Å²) in [5.74, 6) is 0. The molecule has 0 unspecified atom stereocenters. The van der Waals surface area contributed by atoms with Crippen molar-refractivity contribution in [3.8, 4) is 6.07 Å². The molecule has 0 aliphatic carbocycles. The molecule has 0 bridgehead atoms. The van der Waals surface area contributed by atoms with Crippen molar-refractivity contribution in [1.82, 2.24) is 0 Å². The first kappa shape index (κ1) is 10.8. The molecule has 14 heavy (non-hydrogen) atoms. The van der Waals surface area contributed by atoms with Crippen molar-refractivity contribution in [2.45, 2.75) is 6.42 Å². The average Bonchev–Trinajstić information content (AvgIpc) is 2.25. The summed E-state index contributed by atoms with van der Waals surface area (Å²) in [6, 6.07) is 9.29. The van der Waals surface area contributed by atoms with Gasteiger partial charge in [0.1, 0.15) is 0 Å². The van der Waals surface area contributed by atoms with Crippen molar-refractivity contribution >= 4 is 12.9 Å². The van der Waals surface area contributed by atoms with Gasteiger partial charge in [-0.05, 0) is 17.9 Å². The van der Waals surface area contributed by atoms with E-state index in [2.05, 4.69) is 6.07 Å². The van der Waals surface area contributed by atoms with Gasteiger partial charge in [-0.1, -0.05) is 18.2 Å². The molecule has 0 saturated heterocycles. The van der Waals surface area contributed by atoms with Crippen molar-refractivity contribution in [2.24, 2.45) is 0 Å². The van der Waals surface area contributed by atoms with Crippen molar-refractivity contribution in [1.29, 1.82) is 5.26 Å². The molecule has 71 valence electrons. The van der Waals surface area contributed by atoms with Crippen LogP contribution in [0.3, 0.4) is 0 Å². The first-order valence-electron chi connectivity index (χ1n) is 4.43. The first-order chi connectivity index (χ1) is 6.88. The summed E-state index contributed by atoms with van der Waals surface area (Å²) >= 11 is 0. The van der Waals surface area contributed by atoms with Gasteiger partial charge < -0.3 is 9.76 Å². The van der Waals surface area contributed by atoms with Gasteiger partial charge in [0.05, 0.1) is 6.07 Å². The molecule has 3 nitrogen and oxygen atoms in total. The van der Waals surface area contributed by atoms with Gasteiger partial charge in [-0.15, -0.1) is 0 Å². The van der Waals surface area contributed by atoms with E-state index in [9.17, 15) is 0 Å². The Balaban J connectivity index is 2.46. The van der Waals surface area contributed by atoms with Crippen molar-refractivity contribution in [3.63, 3.8) is 0 Å². The molecule has 0 fully saturated rings. The number of nitrogens with zero attached hydrogens (tertiary/aromatic N) is 1. The van der Waals surface area contributed by atoms with Gasteiger partial charge in [0.2, 0.25) is 0 Å². The van der Waals surface area contributed by atoms with Crippen LogP contribution in [0, 0.1) is 11.3 Å². The Morgan fingerprint density at radius 1 is 1.43 bits per heavy atom. The number of benzene rings is 1. The van der Waals surface area contributed by atoms with E-state index < -0.39 is 0 Å². The number of hydrogen-bond donors (Lipinski definition) is 1. The number of nitriles is 1. The Hall–Kier alpha value is -1.31. The van der Waals surface area contributed by atoms with E-state index in [-0.39, 0.29) is 6.61 Å². The zero-order chi connectivity index (χ0) is 10.2. The van der Waals surface area contributed by atoms with Crippen LogP contribution in [-0.4, -0.2) is 25.8 Å². The van der Waals surface area contributed by atoms with Crippen LogP contribution >= 0.6 is 0 Å². The highest BCUT2D eigenvalue weighted by molar-refractivity contribution is 6.47. The summed E-state index contributed by atoms with van der Waals surface area (Å²) in [7, 11) is 1.55. The predicted molar refractivity (Wildman–Crippen MR) is 54.2 cm³/mol. The van der Waals surface area contributed by atoms with Gasteiger partial charge in [-0.3, -0.25) is 0 Å². The third-order valence-corrected chi connectivity index (χ3v) is 1.71. The van der Waals surface area contributed by atoms with E-state index in [0.29, 0.717) is 18.6 Å². The van der Waals surface area contributed by atoms with E-state index in [1.807, 2.05) is 18.2 Å². The number of rotatable bonds is 5. The second-order valence-electron chi connectivity index (χ2n) is 2.76. The molecule has 0 saturated carbocycles. The molecule has 1 aromatic rings.